The minimum atomic E-state index is 0. The van der Waals surface area contributed by atoms with Crippen LogP contribution >= 0.6 is 12.4 Å². The molecule has 0 N–H and O–H groups in total. The molecule has 0 bridgehead atoms. The van der Waals surface area contributed by atoms with E-state index in [-0.39, 0.29) is 12.4 Å². The van der Waals surface area contributed by atoms with Crippen molar-refractivity contribution < 1.29 is 0 Å². The molecule has 68 valence electrons. The zero-order valence-corrected chi connectivity index (χ0v) is 8.64. The first kappa shape index (κ1) is 11.5. The third kappa shape index (κ3) is 2.84. The molecule has 2 heteroatoms. The normalized spacial score (nSPS) is 12.3. The topological polar surface area (TPSA) is 3.24 Å². The standard InChI is InChI=1S/C10H15N.ClH/c1-9(11(2)3)10-7-5-4-6-8-10;/h4-9H,1-3H3;1H. The molecule has 0 aromatic heterocycles. The molecule has 12 heavy (non-hydrogen) atoms. The van der Waals surface area contributed by atoms with Gasteiger partial charge in [0.1, 0.15) is 0 Å². The van der Waals surface area contributed by atoms with E-state index in [1.165, 1.54) is 5.56 Å². The van der Waals surface area contributed by atoms with E-state index in [1.54, 1.807) is 0 Å². The molecule has 0 saturated heterocycles. The highest BCUT2D eigenvalue weighted by molar-refractivity contribution is 5.85. The summed E-state index contributed by atoms with van der Waals surface area (Å²) >= 11 is 0. The molecule has 0 aliphatic carbocycles. The van der Waals surface area contributed by atoms with Gasteiger partial charge in [0.05, 0.1) is 0 Å². The Balaban J connectivity index is 0.00000121. The zero-order valence-electron chi connectivity index (χ0n) is 7.82. The molecular formula is C10H16ClN. The summed E-state index contributed by atoms with van der Waals surface area (Å²) in [6, 6.07) is 11.0. The highest BCUT2D eigenvalue weighted by Crippen LogP contribution is 2.15. The summed E-state index contributed by atoms with van der Waals surface area (Å²) in [4.78, 5) is 2.20. The van der Waals surface area contributed by atoms with Crippen LogP contribution < -0.4 is 0 Å². The van der Waals surface area contributed by atoms with Gasteiger partial charge < -0.3 is 4.90 Å². The van der Waals surface area contributed by atoms with Gasteiger partial charge in [0.15, 0.2) is 0 Å². The van der Waals surface area contributed by atoms with Crippen LogP contribution in [-0.2, 0) is 0 Å². The van der Waals surface area contributed by atoms with Crippen molar-refractivity contribution >= 4 is 12.4 Å². The fourth-order valence-corrected chi connectivity index (χ4v) is 1.03. The van der Waals surface area contributed by atoms with Crippen molar-refractivity contribution in [3.63, 3.8) is 0 Å². The van der Waals surface area contributed by atoms with Crippen LogP contribution in [0, 0.1) is 0 Å². The summed E-state index contributed by atoms with van der Waals surface area (Å²) in [5.41, 5.74) is 1.37. The lowest BCUT2D eigenvalue weighted by Gasteiger charge is -2.19. The predicted octanol–water partition coefficient (Wildman–Crippen LogP) is 2.73. The molecule has 1 aromatic rings. The summed E-state index contributed by atoms with van der Waals surface area (Å²) in [6.07, 6.45) is 0. The Morgan fingerprint density at radius 2 is 1.58 bits per heavy atom. The molecule has 0 radical (unpaired) electrons. The van der Waals surface area contributed by atoms with Crippen molar-refractivity contribution in [2.45, 2.75) is 13.0 Å². The second kappa shape index (κ2) is 5.18. The van der Waals surface area contributed by atoms with E-state index in [0.717, 1.165) is 0 Å². The summed E-state index contributed by atoms with van der Waals surface area (Å²) in [5, 5.41) is 0. The summed E-state index contributed by atoms with van der Waals surface area (Å²) in [7, 11) is 4.19. The first-order valence-electron chi connectivity index (χ1n) is 3.93. The molecule has 1 atom stereocenters. The number of hydrogen-bond donors (Lipinski definition) is 0. The average molecular weight is 186 g/mol. The van der Waals surface area contributed by atoms with Crippen molar-refractivity contribution in [3.8, 4) is 0 Å². The lowest BCUT2D eigenvalue weighted by Crippen LogP contribution is -2.16. The Morgan fingerprint density at radius 1 is 1.08 bits per heavy atom. The van der Waals surface area contributed by atoms with Crippen molar-refractivity contribution in [1.29, 1.82) is 0 Å². The van der Waals surface area contributed by atoms with E-state index < -0.39 is 0 Å². The minimum absolute atomic E-state index is 0. The lowest BCUT2D eigenvalue weighted by molar-refractivity contribution is 0.321. The van der Waals surface area contributed by atoms with Crippen LogP contribution in [0.25, 0.3) is 0 Å². The van der Waals surface area contributed by atoms with E-state index in [0.29, 0.717) is 6.04 Å². The summed E-state index contributed by atoms with van der Waals surface area (Å²) < 4.78 is 0. The van der Waals surface area contributed by atoms with Gasteiger partial charge in [-0.25, -0.2) is 0 Å². The van der Waals surface area contributed by atoms with Crippen LogP contribution in [-0.4, -0.2) is 19.0 Å². The van der Waals surface area contributed by atoms with Crippen LogP contribution in [0.2, 0.25) is 0 Å². The van der Waals surface area contributed by atoms with Crippen LogP contribution in [0.1, 0.15) is 18.5 Å². The van der Waals surface area contributed by atoms with E-state index in [2.05, 4.69) is 50.2 Å². The fraction of sp³-hybridized carbons (Fsp3) is 0.400. The third-order valence-electron chi connectivity index (χ3n) is 2.06. The molecule has 0 saturated carbocycles. The van der Waals surface area contributed by atoms with Crippen LogP contribution in [0.5, 0.6) is 0 Å². The Morgan fingerprint density at radius 3 is 2.00 bits per heavy atom. The first-order chi connectivity index (χ1) is 5.22. The van der Waals surface area contributed by atoms with Crippen LogP contribution in [0.15, 0.2) is 30.3 Å². The maximum absolute atomic E-state index is 2.20. The summed E-state index contributed by atoms with van der Waals surface area (Å²) in [6.45, 7) is 2.20. The van der Waals surface area contributed by atoms with Gasteiger partial charge in [-0.3, -0.25) is 0 Å². The number of benzene rings is 1. The van der Waals surface area contributed by atoms with E-state index in [9.17, 15) is 0 Å². The first-order valence-corrected chi connectivity index (χ1v) is 3.93. The Hall–Kier alpha value is -0.530. The van der Waals surface area contributed by atoms with E-state index in [4.69, 9.17) is 0 Å². The Kier molecular flexibility index (Phi) is 4.95. The molecule has 0 heterocycles. The monoisotopic (exact) mass is 185 g/mol. The number of halogens is 1. The van der Waals surface area contributed by atoms with Gasteiger partial charge in [-0.05, 0) is 26.6 Å². The maximum Gasteiger partial charge on any atom is 0.0313 e. The number of rotatable bonds is 2. The van der Waals surface area contributed by atoms with Crippen molar-refractivity contribution in [3.05, 3.63) is 35.9 Å². The molecule has 1 aromatic carbocycles. The number of hydrogen-bond acceptors (Lipinski definition) is 1. The zero-order chi connectivity index (χ0) is 8.27. The largest absolute Gasteiger partial charge is 0.303 e. The van der Waals surface area contributed by atoms with Crippen molar-refractivity contribution in [1.82, 2.24) is 4.90 Å². The smallest absolute Gasteiger partial charge is 0.0313 e. The molecule has 0 amide bonds. The van der Waals surface area contributed by atoms with Gasteiger partial charge in [-0.15, -0.1) is 12.4 Å². The molecule has 1 rings (SSSR count). The Labute approximate surface area is 80.8 Å². The molecule has 0 aliphatic rings. The molecule has 1 nitrogen and oxygen atoms in total. The Bertz CT molecular complexity index is 208. The molecular weight excluding hydrogens is 170 g/mol. The van der Waals surface area contributed by atoms with Crippen LogP contribution in [0.3, 0.4) is 0 Å². The minimum Gasteiger partial charge on any atom is -0.303 e. The number of nitrogens with zero attached hydrogens (tertiary/aromatic N) is 1. The maximum atomic E-state index is 2.20. The van der Waals surface area contributed by atoms with E-state index >= 15 is 0 Å². The molecule has 0 fully saturated rings. The average Bonchev–Trinajstić information content (AvgIpc) is 2.05. The van der Waals surface area contributed by atoms with Gasteiger partial charge in [-0.2, -0.15) is 0 Å². The van der Waals surface area contributed by atoms with Crippen molar-refractivity contribution in [2.24, 2.45) is 0 Å². The second-order valence-corrected chi connectivity index (χ2v) is 3.05. The van der Waals surface area contributed by atoms with Gasteiger partial charge >= 0.3 is 0 Å². The van der Waals surface area contributed by atoms with E-state index in [1.807, 2.05) is 6.07 Å². The molecule has 1 unspecified atom stereocenters. The molecule has 0 spiro atoms. The summed E-state index contributed by atoms with van der Waals surface area (Å²) in [5.74, 6) is 0. The second-order valence-electron chi connectivity index (χ2n) is 3.05. The van der Waals surface area contributed by atoms with Crippen LogP contribution in [0.4, 0.5) is 0 Å². The van der Waals surface area contributed by atoms with Gasteiger partial charge in [0, 0.05) is 6.04 Å². The predicted molar refractivity (Wildman–Crippen MR) is 55.8 cm³/mol. The highest BCUT2D eigenvalue weighted by Gasteiger charge is 2.04. The third-order valence-corrected chi connectivity index (χ3v) is 2.06. The van der Waals surface area contributed by atoms with Gasteiger partial charge in [0.25, 0.3) is 0 Å². The van der Waals surface area contributed by atoms with Gasteiger partial charge in [0.2, 0.25) is 0 Å². The quantitative estimate of drug-likeness (QED) is 0.685. The fourth-order valence-electron chi connectivity index (χ4n) is 1.03. The highest BCUT2D eigenvalue weighted by atomic mass is 35.5. The SMILES string of the molecule is CC(c1ccccc1)N(C)C.Cl. The van der Waals surface area contributed by atoms with Gasteiger partial charge in [-0.1, -0.05) is 30.3 Å². The van der Waals surface area contributed by atoms with Crippen molar-refractivity contribution in [2.75, 3.05) is 14.1 Å². The lowest BCUT2D eigenvalue weighted by atomic mass is 10.1. The molecule has 0 aliphatic heterocycles.